The molecular formula is C13H16FNO3. The van der Waals surface area contributed by atoms with E-state index in [0.717, 1.165) is 0 Å². The Morgan fingerprint density at radius 2 is 2.06 bits per heavy atom. The maximum absolute atomic E-state index is 13.5. The lowest BCUT2D eigenvalue weighted by atomic mass is 10.1. The fourth-order valence-electron chi connectivity index (χ4n) is 1.57. The Morgan fingerprint density at radius 1 is 1.39 bits per heavy atom. The van der Waals surface area contributed by atoms with Crippen LogP contribution in [0.25, 0.3) is 0 Å². The molecule has 18 heavy (non-hydrogen) atoms. The average Bonchev–Trinajstić information content (AvgIpc) is 2.31. The van der Waals surface area contributed by atoms with Crippen LogP contribution >= 0.6 is 0 Å². The normalized spacial score (nSPS) is 11.7. The van der Waals surface area contributed by atoms with Crippen LogP contribution in [0.4, 0.5) is 4.39 Å². The first-order chi connectivity index (χ1) is 8.54. The Balaban J connectivity index is 2.81. The van der Waals surface area contributed by atoms with Gasteiger partial charge in [-0.3, -0.25) is 4.79 Å². The van der Waals surface area contributed by atoms with Gasteiger partial charge in [-0.2, -0.15) is 0 Å². The van der Waals surface area contributed by atoms with Crippen LogP contribution in [0.15, 0.2) is 24.3 Å². The van der Waals surface area contributed by atoms with Crippen molar-refractivity contribution in [1.29, 1.82) is 0 Å². The first kappa shape index (κ1) is 14.2. The number of rotatable bonds is 5. The summed E-state index contributed by atoms with van der Waals surface area (Å²) in [6.45, 7) is 3.19. The molecular weight excluding hydrogens is 237 g/mol. The molecule has 1 aromatic rings. The highest BCUT2D eigenvalue weighted by Gasteiger charge is 2.22. The van der Waals surface area contributed by atoms with Gasteiger partial charge in [-0.1, -0.05) is 18.2 Å². The number of carbonyl (C=O) groups is 2. The fourth-order valence-corrected chi connectivity index (χ4v) is 1.57. The Labute approximate surface area is 105 Å². The lowest BCUT2D eigenvalue weighted by Gasteiger charge is -2.16. The van der Waals surface area contributed by atoms with Crippen molar-refractivity contribution < 1.29 is 18.7 Å². The summed E-state index contributed by atoms with van der Waals surface area (Å²) in [5.74, 6) is -1.32. The van der Waals surface area contributed by atoms with E-state index in [1.165, 1.54) is 13.0 Å². The molecule has 0 aliphatic rings. The molecule has 1 rings (SSSR count). The standard InChI is InChI=1S/C13H16FNO3/c1-3-18-13(17)12(15-9(2)16)8-10-6-4-5-7-11(10)14/h4-7,12H,3,8H2,1-2H3,(H,15,16)/t12-/m1/s1. The monoisotopic (exact) mass is 253 g/mol. The van der Waals surface area contributed by atoms with Crippen molar-refractivity contribution in [2.24, 2.45) is 0 Å². The van der Waals surface area contributed by atoms with Crippen LogP contribution in [-0.2, 0) is 20.7 Å². The lowest BCUT2D eigenvalue weighted by Crippen LogP contribution is -2.42. The molecule has 0 aromatic heterocycles. The van der Waals surface area contributed by atoms with Crippen LogP contribution < -0.4 is 5.32 Å². The van der Waals surface area contributed by atoms with Crippen molar-refractivity contribution in [2.45, 2.75) is 26.3 Å². The summed E-state index contributed by atoms with van der Waals surface area (Å²) in [4.78, 5) is 22.7. The molecule has 0 fully saturated rings. The van der Waals surface area contributed by atoms with Gasteiger partial charge in [0.2, 0.25) is 5.91 Å². The van der Waals surface area contributed by atoms with Crippen LogP contribution in [0.5, 0.6) is 0 Å². The molecule has 4 nitrogen and oxygen atoms in total. The van der Waals surface area contributed by atoms with Crippen LogP contribution in [-0.4, -0.2) is 24.5 Å². The number of benzene rings is 1. The molecule has 0 heterocycles. The van der Waals surface area contributed by atoms with Gasteiger partial charge in [-0.15, -0.1) is 0 Å². The van der Waals surface area contributed by atoms with Gasteiger partial charge in [0.1, 0.15) is 11.9 Å². The Hall–Kier alpha value is -1.91. The van der Waals surface area contributed by atoms with Gasteiger partial charge in [0, 0.05) is 13.3 Å². The molecule has 1 aromatic carbocycles. The van der Waals surface area contributed by atoms with E-state index in [-0.39, 0.29) is 18.9 Å². The minimum atomic E-state index is -0.862. The quantitative estimate of drug-likeness (QED) is 0.808. The zero-order valence-electron chi connectivity index (χ0n) is 10.4. The van der Waals surface area contributed by atoms with Gasteiger partial charge in [-0.25, -0.2) is 9.18 Å². The summed E-state index contributed by atoms with van der Waals surface area (Å²) in [7, 11) is 0. The van der Waals surface area contributed by atoms with E-state index >= 15 is 0 Å². The topological polar surface area (TPSA) is 55.4 Å². The minimum Gasteiger partial charge on any atom is -0.464 e. The van der Waals surface area contributed by atoms with Crippen LogP contribution in [0.1, 0.15) is 19.4 Å². The Kier molecular flexibility index (Phi) is 5.30. The summed E-state index contributed by atoms with van der Waals surface area (Å²) in [6.07, 6.45) is 0.0745. The third-order valence-electron chi connectivity index (χ3n) is 2.33. The predicted octanol–water partition coefficient (Wildman–Crippen LogP) is 1.44. The second kappa shape index (κ2) is 6.74. The van der Waals surface area contributed by atoms with Crippen molar-refractivity contribution in [3.05, 3.63) is 35.6 Å². The van der Waals surface area contributed by atoms with Gasteiger partial charge in [0.05, 0.1) is 6.61 Å². The number of ether oxygens (including phenoxy) is 1. The minimum absolute atomic E-state index is 0.0745. The largest absolute Gasteiger partial charge is 0.464 e. The van der Waals surface area contributed by atoms with Crippen molar-refractivity contribution in [2.75, 3.05) is 6.61 Å². The molecule has 98 valence electrons. The third-order valence-corrected chi connectivity index (χ3v) is 2.33. The van der Waals surface area contributed by atoms with Crippen molar-refractivity contribution >= 4 is 11.9 Å². The highest BCUT2D eigenvalue weighted by molar-refractivity contribution is 5.83. The summed E-state index contributed by atoms with van der Waals surface area (Å²) in [6, 6.07) is 5.26. The van der Waals surface area contributed by atoms with Crippen molar-refractivity contribution in [1.82, 2.24) is 5.32 Å². The Morgan fingerprint density at radius 3 is 2.61 bits per heavy atom. The SMILES string of the molecule is CCOC(=O)[C@@H](Cc1ccccc1F)NC(C)=O. The van der Waals surface area contributed by atoms with Gasteiger partial charge in [0.25, 0.3) is 0 Å². The zero-order valence-corrected chi connectivity index (χ0v) is 10.4. The summed E-state index contributed by atoms with van der Waals surface area (Å²) >= 11 is 0. The molecule has 1 amide bonds. The van der Waals surface area contributed by atoms with E-state index in [1.54, 1.807) is 25.1 Å². The second-order valence-electron chi connectivity index (χ2n) is 3.80. The van der Waals surface area contributed by atoms with E-state index < -0.39 is 17.8 Å². The van der Waals surface area contributed by atoms with Crippen LogP contribution in [0.3, 0.4) is 0 Å². The maximum atomic E-state index is 13.5. The smallest absolute Gasteiger partial charge is 0.328 e. The summed E-state index contributed by atoms with van der Waals surface area (Å²) in [5.41, 5.74) is 0.365. The number of hydrogen-bond acceptors (Lipinski definition) is 3. The molecule has 1 N–H and O–H groups in total. The van der Waals surface area contributed by atoms with Crippen LogP contribution in [0, 0.1) is 5.82 Å². The fraction of sp³-hybridized carbons (Fsp3) is 0.385. The first-order valence-electron chi connectivity index (χ1n) is 5.71. The number of halogens is 1. The highest BCUT2D eigenvalue weighted by atomic mass is 19.1. The number of nitrogens with one attached hydrogen (secondary N) is 1. The van der Waals surface area contributed by atoms with Crippen LogP contribution in [0.2, 0.25) is 0 Å². The maximum Gasteiger partial charge on any atom is 0.328 e. The van der Waals surface area contributed by atoms with Crippen molar-refractivity contribution in [3.63, 3.8) is 0 Å². The third kappa shape index (κ3) is 4.16. The van der Waals surface area contributed by atoms with E-state index in [9.17, 15) is 14.0 Å². The van der Waals surface area contributed by atoms with E-state index in [0.29, 0.717) is 5.56 Å². The van der Waals surface area contributed by atoms with Gasteiger partial charge >= 0.3 is 5.97 Å². The molecule has 0 aliphatic heterocycles. The molecule has 0 unspecified atom stereocenters. The van der Waals surface area contributed by atoms with Crippen molar-refractivity contribution in [3.8, 4) is 0 Å². The molecule has 0 spiro atoms. The van der Waals surface area contributed by atoms with Gasteiger partial charge in [0.15, 0.2) is 0 Å². The van der Waals surface area contributed by atoms with E-state index in [1.807, 2.05) is 0 Å². The number of esters is 1. The number of carbonyl (C=O) groups excluding carboxylic acids is 2. The highest BCUT2D eigenvalue weighted by Crippen LogP contribution is 2.10. The predicted molar refractivity (Wildman–Crippen MR) is 64.3 cm³/mol. The number of hydrogen-bond donors (Lipinski definition) is 1. The van der Waals surface area contributed by atoms with Gasteiger partial charge in [-0.05, 0) is 18.6 Å². The molecule has 5 heteroatoms. The lowest BCUT2D eigenvalue weighted by molar-refractivity contribution is -0.147. The molecule has 0 aliphatic carbocycles. The number of amides is 1. The summed E-state index contributed by atoms with van der Waals surface area (Å²) < 4.78 is 18.3. The Bertz CT molecular complexity index is 434. The second-order valence-corrected chi connectivity index (χ2v) is 3.80. The molecule has 0 saturated heterocycles. The molecule has 1 atom stereocenters. The average molecular weight is 253 g/mol. The first-order valence-corrected chi connectivity index (χ1v) is 5.71. The zero-order chi connectivity index (χ0) is 13.5. The summed E-state index contributed by atoms with van der Waals surface area (Å²) in [5, 5.41) is 2.46. The van der Waals surface area contributed by atoms with Gasteiger partial charge < -0.3 is 10.1 Å². The van der Waals surface area contributed by atoms with E-state index in [2.05, 4.69) is 5.32 Å². The molecule has 0 bridgehead atoms. The van der Waals surface area contributed by atoms with E-state index in [4.69, 9.17) is 4.74 Å². The molecule has 0 saturated carbocycles. The molecule has 0 radical (unpaired) electrons.